The lowest BCUT2D eigenvalue weighted by atomic mass is 9.94. The van der Waals surface area contributed by atoms with E-state index in [9.17, 15) is 19.1 Å². The molecule has 6 nitrogen and oxygen atoms in total. The van der Waals surface area contributed by atoms with Crippen molar-refractivity contribution in [3.8, 4) is 5.75 Å². The fourth-order valence-corrected chi connectivity index (χ4v) is 4.23. The molecule has 2 atom stereocenters. The Morgan fingerprint density at radius 3 is 2.77 bits per heavy atom. The molecule has 4 rings (SSSR count). The minimum absolute atomic E-state index is 0.0252. The third-order valence-corrected chi connectivity index (χ3v) is 5.66. The number of carbonyl (C=O) groups excluding carboxylic acids is 2. The van der Waals surface area contributed by atoms with Crippen molar-refractivity contribution in [3.63, 3.8) is 0 Å². The normalized spacial score (nSPS) is 22.0. The van der Waals surface area contributed by atoms with Crippen LogP contribution in [0.4, 0.5) is 4.39 Å². The average Bonchev–Trinajstić information content (AvgIpc) is 3.24. The van der Waals surface area contributed by atoms with E-state index in [4.69, 9.17) is 9.47 Å². The molecule has 2 aliphatic heterocycles. The molecule has 1 saturated heterocycles. The summed E-state index contributed by atoms with van der Waals surface area (Å²) in [5, 5.41) is 11.1. The molecule has 2 aromatic rings. The summed E-state index contributed by atoms with van der Waals surface area (Å²) in [7, 11) is 1.54. The van der Waals surface area contributed by atoms with Crippen LogP contribution in [-0.4, -0.2) is 48.1 Å². The van der Waals surface area contributed by atoms with Gasteiger partial charge in [0.15, 0.2) is 0 Å². The van der Waals surface area contributed by atoms with Gasteiger partial charge in [-0.2, -0.15) is 0 Å². The Bertz CT molecular complexity index is 1060. The van der Waals surface area contributed by atoms with Crippen molar-refractivity contribution in [1.82, 2.24) is 4.90 Å². The van der Waals surface area contributed by atoms with Gasteiger partial charge in [-0.3, -0.25) is 9.59 Å². The summed E-state index contributed by atoms with van der Waals surface area (Å²) in [6, 6.07) is 10.1. The summed E-state index contributed by atoms with van der Waals surface area (Å²) in [5.41, 5.74) is 1.36. The first-order valence-corrected chi connectivity index (χ1v) is 10.2. The molecule has 0 bridgehead atoms. The molecule has 2 heterocycles. The minimum Gasteiger partial charge on any atom is -0.507 e. The van der Waals surface area contributed by atoms with Gasteiger partial charge in [0, 0.05) is 37.8 Å². The number of amides is 1. The highest BCUT2D eigenvalue weighted by atomic mass is 19.1. The molecule has 2 aliphatic rings. The molecule has 1 fully saturated rings. The molecule has 31 heavy (non-hydrogen) atoms. The third-order valence-electron chi connectivity index (χ3n) is 5.66. The third kappa shape index (κ3) is 3.81. The van der Waals surface area contributed by atoms with Gasteiger partial charge in [-0.1, -0.05) is 18.2 Å². The summed E-state index contributed by atoms with van der Waals surface area (Å²) in [6.07, 6.45) is 1.18. The van der Waals surface area contributed by atoms with Crippen LogP contribution in [0.25, 0.3) is 5.76 Å². The van der Waals surface area contributed by atoms with Crippen LogP contribution in [0.15, 0.2) is 48.0 Å². The number of carbonyl (C=O) groups is 2. The van der Waals surface area contributed by atoms with Gasteiger partial charge in [-0.15, -0.1) is 0 Å². The SMILES string of the molecule is COCCCN1C(=O)C(=O)/C(=C(/O)c2ccc3c(c2)C[C@H](C)O3)[C@H]1c1ccccc1F. The number of rotatable bonds is 6. The molecule has 1 amide bonds. The zero-order valence-corrected chi connectivity index (χ0v) is 17.4. The fraction of sp³-hybridized carbons (Fsp3) is 0.333. The zero-order chi connectivity index (χ0) is 22.1. The maximum Gasteiger partial charge on any atom is 0.295 e. The Morgan fingerprint density at radius 1 is 1.26 bits per heavy atom. The number of Topliss-reactive ketones (excluding diaryl/α,β-unsaturated/α-hetero) is 1. The zero-order valence-electron chi connectivity index (χ0n) is 17.4. The first-order chi connectivity index (χ1) is 14.9. The first kappa shape index (κ1) is 21.1. The summed E-state index contributed by atoms with van der Waals surface area (Å²) < 4.78 is 25.5. The number of methoxy groups -OCH3 is 1. The molecule has 1 N–H and O–H groups in total. The number of ketones is 1. The fourth-order valence-electron chi connectivity index (χ4n) is 4.23. The second kappa shape index (κ2) is 8.51. The van der Waals surface area contributed by atoms with E-state index in [1.165, 1.54) is 23.1 Å². The van der Waals surface area contributed by atoms with Crippen LogP contribution in [0.5, 0.6) is 5.75 Å². The summed E-state index contributed by atoms with van der Waals surface area (Å²) in [4.78, 5) is 27.1. The van der Waals surface area contributed by atoms with Gasteiger partial charge < -0.3 is 19.5 Å². The molecule has 0 saturated carbocycles. The predicted molar refractivity (Wildman–Crippen MR) is 112 cm³/mol. The van der Waals surface area contributed by atoms with Crippen molar-refractivity contribution in [2.24, 2.45) is 0 Å². The maximum atomic E-state index is 14.7. The number of benzene rings is 2. The van der Waals surface area contributed by atoms with Gasteiger partial charge in [-0.05, 0) is 43.2 Å². The van der Waals surface area contributed by atoms with Crippen LogP contribution in [0.2, 0.25) is 0 Å². The van der Waals surface area contributed by atoms with E-state index in [0.29, 0.717) is 25.0 Å². The van der Waals surface area contributed by atoms with Crippen molar-refractivity contribution in [2.75, 3.05) is 20.3 Å². The molecular weight excluding hydrogens is 401 g/mol. The van der Waals surface area contributed by atoms with Crippen molar-refractivity contribution < 1.29 is 28.6 Å². The van der Waals surface area contributed by atoms with E-state index >= 15 is 0 Å². The minimum atomic E-state index is -1.01. The highest BCUT2D eigenvalue weighted by molar-refractivity contribution is 6.46. The highest BCUT2D eigenvalue weighted by Gasteiger charge is 2.46. The Labute approximate surface area is 179 Å². The number of ether oxygens (including phenoxy) is 2. The molecular formula is C24H24FNO5. The van der Waals surface area contributed by atoms with Gasteiger partial charge in [0.05, 0.1) is 11.6 Å². The number of hydrogen-bond donors (Lipinski definition) is 1. The number of likely N-dealkylation sites (tertiary alicyclic amines) is 1. The van der Waals surface area contributed by atoms with Crippen molar-refractivity contribution in [3.05, 3.63) is 70.5 Å². The Hall–Kier alpha value is -3.19. The summed E-state index contributed by atoms with van der Waals surface area (Å²) in [5.74, 6) is -1.72. The first-order valence-electron chi connectivity index (χ1n) is 10.2. The molecule has 2 aromatic carbocycles. The lowest BCUT2D eigenvalue weighted by Gasteiger charge is -2.25. The number of aliphatic hydroxyl groups excluding tert-OH is 1. The van der Waals surface area contributed by atoms with E-state index in [2.05, 4.69) is 0 Å². The van der Waals surface area contributed by atoms with Gasteiger partial charge in [0.1, 0.15) is 23.4 Å². The van der Waals surface area contributed by atoms with Crippen molar-refractivity contribution in [1.29, 1.82) is 0 Å². The van der Waals surface area contributed by atoms with Crippen LogP contribution >= 0.6 is 0 Å². The van der Waals surface area contributed by atoms with Gasteiger partial charge in [0.25, 0.3) is 11.7 Å². The van der Waals surface area contributed by atoms with Gasteiger partial charge in [0.2, 0.25) is 0 Å². The van der Waals surface area contributed by atoms with E-state index in [1.807, 2.05) is 6.92 Å². The maximum absolute atomic E-state index is 14.7. The van der Waals surface area contributed by atoms with E-state index in [0.717, 1.165) is 11.3 Å². The number of halogens is 1. The van der Waals surface area contributed by atoms with Crippen LogP contribution < -0.4 is 4.74 Å². The lowest BCUT2D eigenvalue weighted by molar-refractivity contribution is -0.140. The van der Waals surface area contributed by atoms with Crippen molar-refractivity contribution >= 4 is 17.4 Å². The van der Waals surface area contributed by atoms with E-state index in [1.54, 1.807) is 31.4 Å². The summed E-state index contributed by atoms with van der Waals surface area (Å²) >= 11 is 0. The Kier molecular flexibility index (Phi) is 5.78. The molecule has 0 unspecified atom stereocenters. The van der Waals surface area contributed by atoms with E-state index in [-0.39, 0.29) is 29.5 Å². The average molecular weight is 425 g/mol. The molecule has 0 aliphatic carbocycles. The van der Waals surface area contributed by atoms with Gasteiger partial charge >= 0.3 is 0 Å². The highest BCUT2D eigenvalue weighted by Crippen LogP contribution is 2.41. The van der Waals surface area contributed by atoms with Gasteiger partial charge in [-0.25, -0.2) is 4.39 Å². The molecule has 162 valence electrons. The predicted octanol–water partition coefficient (Wildman–Crippen LogP) is 3.61. The smallest absolute Gasteiger partial charge is 0.295 e. The Morgan fingerprint density at radius 2 is 2.03 bits per heavy atom. The number of nitrogens with zero attached hydrogens (tertiary/aromatic N) is 1. The molecule has 0 spiro atoms. The molecule has 7 heteroatoms. The summed E-state index contributed by atoms with van der Waals surface area (Å²) in [6.45, 7) is 2.53. The molecule has 0 radical (unpaired) electrons. The largest absolute Gasteiger partial charge is 0.507 e. The van der Waals surface area contributed by atoms with Crippen LogP contribution in [0.1, 0.15) is 36.1 Å². The monoisotopic (exact) mass is 425 g/mol. The van der Waals surface area contributed by atoms with E-state index < -0.39 is 23.5 Å². The Balaban J connectivity index is 1.82. The quantitative estimate of drug-likeness (QED) is 0.331. The second-order valence-electron chi connectivity index (χ2n) is 7.82. The standard InChI is InChI=1S/C24H24FNO5/c1-14-12-16-13-15(8-9-19(16)31-14)22(27)20-21(17-6-3-4-7-18(17)25)26(10-5-11-30-2)24(29)23(20)28/h3-4,6-9,13-14,21,27H,5,10-12H2,1-2H3/b22-20+/t14-,21+/m0/s1. The van der Waals surface area contributed by atoms with Crippen LogP contribution in [0, 0.1) is 5.82 Å². The van der Waals surface area contributed by atoms with Crippen LogP contribution in [-0.2, 0) is 20.7 Å². The van der Waals surface area contributed by atoms with Crippen molar-refractivity contribution in [2.45, 2.75) is 31.9 Å². The number of aliphatic hydroxyl groups is 1. The number of hydrogen-bond acceptors (Lipinski definition) is 5. The number of fused-ring (bicyclic) bond motifs is 1. The van der Waals surface area contributed by atoms with Crippen LogP contribution in [0.3, 0.4) is 0 Å². The topological polar surface area (TPSA) is 76.1 Å². The molecule has 0 aromatic heterocycles. The second-order valence-corrected chi connectivity index (χ2v) is 7.82. The lowest BCUT2D eigenvalue weighted by Crippen LogP contribution is -2.31.